The summed E-state index contributed by atoms with van der Waals surface area (Å²) in [5.41, 5.74) is 17.7. The number of aliphatic hydroxyl groups is 7. The molecule has 0 spiro atoms. The quantitative estimate of drug-likeness (QED) is 0.128. The van der Waals surface area contributed by atoms with Crippen molar-refractivity contribution in [2.75, 3.05) is 19.7 Å². The van der Waals surface area contributed by atoms with E-state index in [0.29, 0.717) is 0 Å². The molecule has 15 nitrogen and oxygen atoms in total. The van der Waals surface area contributed by atoms with E-state index in [0.717, 1.165) is 0 Å². The molecule has 2 saturated heterocycles. The standard InChI is InChI=1S/C21H38N4O11.CH4/c1-2-3-25-8-4-7(23)18(35-21-16(31)15(30)13(28)9(5-22)33-21)17(32)19(8)36-20-14(29)11(24)12(27)10(6-26)34-20;/h1,7-21,25-32H,3-6,22-24H2;1H4/t7?,8-,9?,10-,11-,12?,13-,14-,15+,16?,17+,18-,19?,20?,21-;/m1./s1. The zero-order valence-corrected chi connectivity index (χ0v) is 19.6. The van der Waals surface area contributed by atoms with Crippen LogP contribution in [0.25, 0.3) is 0 Å². The number of aliphatic hydroxyl groups excluding tert-OH is 7. The third-order valence-corrected chi connectivity index (χ3v) is 6.90. The monoisotopic (exact) mass is 538 g/mol. The van der Waals surface area contributed by atoms with Gasteiger partial charge in [-0.25, -0.2) is 0 Å². The van der Waals surface area contributed by atoms with Crippen molar-refractivity contribution in [3.8, 4) is 12.3 Å². The van der Waals surface area contributed by atoms with E-state index in [9.17, 15) is 35.7 Å². The Kier molecular flexibility index (Phi) is 12.0. The van der Waals surface area contributed by atoms with Crippen molar-refractivity contribution in [1.82, 2.24) is 5.32 Å². The summed E-state index contributed by atoms with van der Waals surface area (Å²) in [6.45, 7) is -0.686. The van der Waals surface area contributed by atoms with Crippen LogP contribution in [0.4, 0.5) is 0 Å². The first-order valence-electron chi connectivity index (χ1n) is 11.7. The van der Waals surface area contributed by atoms with Gasteiger partial charge in [0.05, 0.1) is 19.2 Å². The molecule has 14 N–H and O–H groups in total. The van der Waals surface area contributed by atoms with Crippen molar-refractivity contribution in [1.29, 1.82) is 0 Å². The van der Waals surface area contributed by atoms with Crippen LogP contribution in [0, 0.1) is 12.3 Å². The lowest BCUT2D eigenvalue weighted by atomic mass is 9.83. The molecule has 0 aromatic rings. The van der Waals surface area contributed by atoms with Gasteiger partial charge in [-0.3, -0.25) is 0 Å². The van der Waals surface area contributed by atoms with Crippen LogP contribution < -0.4 is 22.5 Å². The Hall–Kier alpha value is -1.04. The third-order valence-electron chi connectivity index (χ3n) is 6.90. The summed E-state index contributed by atoms with van der Waals surface area (Å²) >= 11 is 0. The molecule has 3 rings (SSSR count). The zero-order chi connectivity index (χ0) is 26.7. The Labute approximate surface area is 215 Å². The van der Waals surface area contributed by atoms with Gasteiger partial charge in [-0.05, 0) is 6.42 Å². The maximum atomic E-state index is 11.2. The number of ether oxygens (including phenoxy) is 4. The van der Waals surface area contributed by atoms with Crippen molar-refractivity contribution >= 4 is 0 Å². The van der Waals surface area contributed by atoms with Crippen LogP contribution in [0.5, 0.6) is 0 Å². The second-order valence-corrected chi connectivity index (χ2v) is 9.32. The van der Waals surface area contributed by atoms with Crippen molar-refractivity contribution in [3.63, 3.8) is 0 Å². The van der Waals surface area contributed by atoms with Gasteiger partial charge in [0.15, 0.2) is 12.6 Å². The van der Waals surface area contributed by atoms with E-state index in [1.165, 1.54) is 0 Å². The Morgan fingerprint density at radius 1 is 0.838 bits per heavy atom. The minimum absolute atomic E-state index is 0. The summed E-state index contributed by atoms with van der Waals surface area (Å²) < 4.78 is 22.6. The highest BCUT2D eigenvalue weighted by atomic mass is 16.7. The van der Waals surface area contributed by atoms with Crippen molar-refractivity contribution in [2.45, 2.75) is 106 Å². The molecule has 216 valence electrons. The van der Waals surface area contributed by atoms with E-state index < -0.39 is 98.4 Å². The van der Waals surface area contributed by atoms with Crippen LogP contribution in [-0.4, -0.2) is 147 Å². The Balaban J connectivity index is 0.00000481. The van der Waals surface area contributed by atoms with Gasteiger partial charge < -0.3 is 77.2 Å². The van der Waals surface area contributed by atoms with Gasteiger partial charge >= 0.3 is 0 Å². The van der Waals surface area contributed by atoms with Gasteiger partial charge in [0.1, 0.15) is 61.0 Å². The topological polar surface area (TPSA) is 269 Å². The minimum Gasteiger partial charge on any atom is -0.394 e. The number of nitrogens with one attached hydrogen (secondary N) is 1. The van der Waals surface area contributed by atoms with Crippen LogP contribution >= 0.6 is 0 Å². The highest BCUT2D eigenvalue weighted by molar-refractivity contribution is 5.03. The smallest absolute Gasteiger partial charge is 0.187 e. The summed E-state index contributed by atoms with van der Waals surface area (Å²) in [4.78, 5) is 0. The molecule has 37 heavy (non-hydrogen) atoms. The highest BCUT2D eigenvalue weighted by Crippen LogP contribution is 2.31. The Morgan fingerprint density at radius 3 is 2.03 bits per heavy atom. The van der Waals surface area contributed by atoms with Crippen LogP contribution in [-0.2, 0) is 18.9 Å². The fourth-order valence-corrected chi connectivity index (χ4v) is 4.75. The van der Waals surface area contributed by atoms with Crippen LogP contribution in [0.15, 0.2) is 0 Å². The molecule has 0 bridgehead atoms. The molecule has 2 aliphatic heterocycles. The summed E-state index contributed by atoms with van der Waals surface area (Å²) in [7, 11) is 0. The van der Waals surface area contributed by atoms with E-state index in [-0.39, 0.29) is 26.9 Å². The molecule has 0 aromatic heterocycles. The number of hydrogen-bond donors (Lipinski definition) is 11. The average molecular weight is 539 g/mol. The van der Waals surface area contributed by atoms with Crippen molar-refractivity contribution in [2.24, 2.45) is 17.2 Å². The molecular formula is C22H42N4O11. The Morgan fingerprint density at radius 2 is 1.43 bits per heavy atom. The molecule has 1 saturated carbocycles. The minimum atomic E-state index is -1.67. The molecule has 6 unspecified atom stereocenters. The van der Waals surface area contributed by atoms with Gasteiger partial charge in [0.2, 0.25) is 0 Å². The van der Waals surface area contributed by atoms with Gasteiger partial charge in [-0.15, -0.1) is 6.42 Å². The first-order valence-corrected chi connectivity index (χ1v) is 11.7. The molecule has 2 heterocycles. The Bertz CT molecular complexity index is 744. The van der Waals surface area contributed by atoms with E-state index in [1.54, 1.807) is 0 Å². The lowest BCUT2D eigenvalue weighted by Gasteiger charge is -2.48. The number of hydrogen-bond acceptors (Lipinski definition) is 15. The van der Waals surface area contributed by atoms with E-state index in [4.69, 9.17) is 42.6 Å². The van der Waals surface area contributed by atoms with Crippen molar-refractivity contribution in [3.05, 3.63) is 0 Å². The lowest BCUT2D eigenvalue weighted by molar-refractivity contribution is -0.332. The van der Waals surface area contributed by atoms with Crippen LogP contribution in [0.1, 0.15) is 13.8 Å². The SMILES string of the molecule is C.C#CCN[C@@H]1CC(N)[C@@H](O[C@H]2OC(CN)[C@@H](O)[C@H](O)C2O)[C@H](O)C1OC1O[C@H](CO)C(O)[C@@H](N)[C@H]1O. The molecular weight excluding hydrogens is 496 g/mol. The largest absolute Gasteiger partial charge is 0.394 e. The molecule has 3 fully saturated rings. The normalized spacial score (nSPS) is 48.6. The molecule has 0 radical (unpaired) electrons. The molecule has 15 atom stereocenters. The highest BCUT2D eigenvalue weighted by Gasteiger charge is 2.52. The van der Waals surface area contributed by atoms with Gasteiger partial charge in [0, 0.05) is 18.6 Å². The number of rotatable bonds is 8. The van der Waals surface area contributed by atoms with Gasteiger partial charge in [-0.1, -0.05) is 13.3 Å². The molecule has 15 heteroatoms. The van der Waals surface area contributed by atoms with Gasteiger partial charge in [-0.2, -0.15) is 0 Å². The predicted molar refractivity (Wildman–Crippen MR) is 127 cm³/mol. The summed E-state index contributed by atoms with van der Waals surface area (Å²) in [6, 6.07) is -2.70. The molecule has 1 aliphatic carbocycles. The number of terminal acetylenes is 1. The fourth-order valence-electron chi connectivity index (χ4n) is 4.75. The lowest BCUT2D eigenvalue weighted by Crippen LogP contribution is -2.69. The second kappa shape index (κ2) is 13.8. The van der Waals surface area contributed by atoms with Crippen molar-refractivity contribution < 1.29 is 54.7 Å². The van der Waals surface area contributed by atoms with E-state index in [2.05, 4.69) is 11.2 Å². The van der Waals surface area contributed by atoms with E-state index in [1.807, 2.05) is 0 Å². The fraction of sp³-hybridized carbons (Fsp3) is 0.909. The van der Waals surface area contributed by atoms with Crippen LogP contribution in [0.3, 0.4) is 0 Å². The van der Waals surface area contributed by atoms with E-state index >= 15 is 0 Å². The second-order valence-electron chi connectivity index (χ2n) is 9.32. The molecule has 0 aromatic carbocycles. The van der Waals surface area contributed by atoms with Gasteiger partial charge in [0.25, 0.3) is 0 Å². The molecule has 3 aliphatic rings. The third kappa shape index (κ3) is 6.76. The first-order chi connectivity index (χ1) is 17.0. The van der Waals surface area contributed by atoms with Crippen LogP contribution in [0.2, 0.25) is 0 Å². The summed E-state index contributed by atoms with van der Waals surface area (Å²) in [6.07, 6.45) is -11.1. The maximum absolute atomic E-state index is 11.2. The number of nitrogens with two attached hydrogens (primary N) is 3. The summed E-state index contributed by atoms with van der Waals surface area (Å²) in [5.74, 6) is 2.41. The maximum Gasteiger partial charge on any atom is 0.187 e. The molecule has 0 amide bonds. The zero-order valence-electron chi connectivity index (χ0n) is 19.6. The first kappa shape index (κ1) is 32.2. The summed E-state index contributed by atoms with van der Waals surface area (Å²) in [5, 5.41) is 74.8. The average Bonchev–Trinajstić information content (AvgIpc) is 2.86. The predicted octanol–water partition coefficient (Wildman–Crippen LogP) is -6.39.